The van der Waals surface area contributed by atoms with Crippen molar-refractivity contribution in [3.05, 3.63) is 46.4 Å². The molecule has 3 amide bonds. The van der Waals surface area contributed by atoms with Gasteiger partial charge in [-0.25, -0.2) is 9.78 Å². The summed E-state index contributed by atoms with van der Waals surface area (Å²) in [6, 6.07) is 9.00. The fraction of sp³-hybridized carbons (Fsp3) is 0.421. The third kappa shape index (κ3) is 5.27. The number of hydrogen-bond acceptors (Lipinski definition) is 5. The molecule has 1 atom stereocenters. The second-order valence-electron chi connectivity index (χ2n) is 6.51. The average molecular weight is 388 g/mol. The summed E-state index contributed by atoms with van der Waals surface area (Å²) in [5, 5.41) is 8.37. The van der Waals surface area contributed by atoms with E-state index in [1.54, 1.807) is 5.38 Å². The normalized spacial score (nSPS) is 16.8. The number of aromatic nitrogens is 1. The lowest BCUT2D eigenvalue weighted by molar-refractivity contribution is 0.0610. The highest BCUT2D eigenvalue weighted by Crippen LogP contribution is 2.20. The number of rotatable bonds is 6. The van der Waals surface area contributed by atoms with Gasteiger partial charge >= 0.3 is 6.03 Å². The number of nitrogens with zero attached hydrogens (tertiary/aromatic N) is 2. The molecular weight excluding hydrogens is 362 g/mol. The minimum atomic E-state index is -0.266. The van der Waals surface area contributed by atoms with Crippen LogP contribution in [0.1, 0.15) is 34.8 Å². The van der Waals surface area contributed by atoms with Gasteiger partial charge in [-0.3, -0.25) is 4.79 Å². The maximum atomic E-state index is 12.9. The molecule has 27 heavy (non-hydrogen) atoms. The molecule has 1 aromatic heterocycles. The number of nitrogens with one attached hydrogen (secondary N) is 2. The van der Waals surface area contributed by atoms with Crippen LogP contribution in [0.4, 0.5) is 10.5 Å². The van der Waals surface area contributed by atoms with E-state index in [2.05, 4.69) is 15.6 Å². The van der Waals surface area contributed by atoms with E-state index in [4.69, 9.17) is 5.73 Å². The van der Waals surface area contributed by atoms with Crippen molar-refractivity contribution in [2.75, 3.05) is 25.0 Å². The Kier molecular flexibility index (Phi) is 6.78. The first-order valence-electron chi connectivity index (χ1n) is 9.22. The van der Waals surface area contributed by atoms with Crippen LogP contribution in [0.2, 0.25) is 0 Å². The van der Waals surface area contributed by atoms with Crippen molar-refractivity contribution in [3.63, 3.8) is 0 Å². The van der Waals surface area contributed by atoms with E-state index in [1.807, 2.05) is 35.2 Å². The molecule has 1 unspecified atom stereocenters. The Labute approximate surface area is 163 Å². The first-order valence-corrected chi connectivity index (χ1v) is 10.1. The Balaban J connectivity index is 1.57. The number of carbonyl (C=O) groups is 2. The third-order valence-corrected chi connectivity index (χ3v) is 5.46. The van der Waals surface area contributed by atoms with Gasteiger partial charge in [-0.05, 0) is 37.9 Å². The Morgan fingerprint density at radius 1 is 1.26 bits per heavy atom. The fourth-order valence-corrected chi connectivity index (χ4v) is 3.97. The van der Waals surface area contributed by atoms with Crippen LogP contribution in [-0.4, -0.2) is 47.5 Å². The number of amides is 3. The van der Waals surface area contributed by atoms with Crippen LogP contribution in [0.5, 0.6) is 0 Å². The quantitative estimate of drug-likeness (QED) is 0.709. The number of thiazole rings is 1. The van der Waals surface area contributed by atoms with Crippen molar-refractivity contribution in [2.24, 2.45) is 5.73 Å². The van der Waals surface area contributed by atoms with E-state index in [-0.39, 0.29) is 18.0 Å². The molecule has 2 aromatic rings. The summed E-state index contributed by atoms with van der Waals surface area (Å²) in [5.74, 6) is -0.0653. The summed E-state index contributed by atoms with van der Waals surface area (Å²) in [6.07, 6.45) is 3.57. The molecule has 1 aliphatic rings. The molecule has 0 spiro atoms. The second kappa shape index (κ2) is 9.48. The van der Waals surface area contributed by atoms with E-state index in [9.17, 15) is 9.59 Å². The molecule has 1 aliphatic heterocycles. The summed E-state index contributed by atoms with van der Waals surface area (Å²) in [4.78, 5) is 31.3. The van der Waals surface area contributed by atoms with Crippen LogP contribution in [0.25, 0.3) is 0 Å². The van der Waals surface area contributed by atoms with E-state index in [1.165, 1.54) is 11.3 Å². The van der Waals surface area contributed by atoms with Crippen molar-refractivity contribution in [1.29, 1.82) is 0 Å². The minimum Gasteiger partial charge on any atom is -0.336 e. The number of anilines is 1. The van der Waals surface area contributed by atoms with E-state index in [0.29, 0.717) is 31.7 Å². The van der Waals surface area contributed by atoms with Crippen molar-refractivity contribution < 1.29 is 9.59 Å². The number of para-hydroxylation sites is 1. The van der Waals surface area contributed by atoms with Gasteiger partial charge in [0, 0.05) is 36.6 Å². The van der Waals surface area contributed by atoms with Gasteiger partial charge in [0.15, 0.2) is 0 Å². The lowest BCUT2D eigenvalue weighted by Gasteiger charge is -2.35. The van der Waals surface area contributed by atoms with Gasteiger partial charge in [-0.2, -0.15) is 0 Å². The highest BCUT2D eigenvalue weighted by atomic mass is 32.1. The lowest BCUT2D eigenvalue weighted by atomic mass is 10.0. The first kappa shape index (κ1) is 19.3. The molecule has 1 aromatic carbocycles. The average Bonchev–Trinajstić information content (AvgIpc) is 3.16. The molecule has 0 aliphatic carbocycles. The van der Waals surface area contributed by atoms with Crippen LogP contribution in [0.3, 0.4) is 0 Å². The SMILES string of the molecule is NCCc1nc(C(=O)N2CCCCC2CNC(=O)Nc2ccccc2)cs1. The lowest BCUT2D eigenvalue weighted by Crippen LogP contribution is -2.50. The molecule has 3 rings (SSSR count). The standard InChI is InChI=1S/C19H25N5O2S/c20-10-9-17-23-16(13-27-17)18(25)24-11-5-4-8-15(24)12-21-19(26)22-14-6-2-1-3-7-14/h1-3,6-7,13,15H,4-5,8-12,20H2,(H2,21,22,26). The number of urea groups is 1. The van der Waals surface area contributed by atoms with Crippen LogP contribution in [-0.2, 0) is 6.42 Å². The third-order valence-electron chi connectivity index (χ3n) is 4.55. The molecule has 8 heteroatoms. The number of likely N-dealkylation sites (tertiary alicyclic amines) is 1. The number of hydrogen-bond donors (Lipinski definition) is 3. The molecule has 0 radical (unpaired) electrons. The van der Waals surface area contributed by atoms with Crippen molar-refractivity contribution in [3.8, 4) is 0 Å². The van der Waals surface area contributed by atoms with Crippen molar-refractivity contribution in [2.45, 2.75) is 31.7 Å². The minimum absolute atomic E-state index is 0.0209. The van der Waals surface area contributed by atoms with E-state index < -0.39 is 0 Å². The van der Waals surface area contributed by atoms with Crippen LogP contribution < -0.4 is 16.4 Å². The highest BCUT2D eigenvalue weighted by Gasteiger charge is 2.29. The highest BCUT2D eigenvalue weighted by molar-refractivity contribution is 7.09. The number of benzene rings is 1. The molecule has 1 saturated heterocycles. The van der Waals surface area contributed by atoms with E-state index >= 15 is 0 Å². The topological polar surface area (TPSA) is 100 Å². The predicted octanol–water partition coefficient (Wildman–Crippen LogP) is 2.46. The van der Waals surface area contributed by atoms with Crippen LogP contribution in [0, 0.1) is 0 Å². The second-order valence-corrected chi connectivity index (χ2v) is 7.46. The molecule has 7 nitrogen and oxygen atoms in total. The summed E-state index contributed by atoms with van der Waals surface area (Å²) in [6.45, 7) is 1.63. The smallest absolute Gasteiger partial charge is 0.319 e. The largest absolute Gasteiger partial charge is 0.336 e. The molecule has 0 saturated carbocycles. The number of nitrogens with two attached hydrogens (primary N) is 1. The Morgan fingerprint density at radius 3 is 2.85 bits per heavy atom. The van der Waals surface area contributed by atoms with Gasteiger partial charge in [0.25, 0.3) is 5.91 Å². The van der Waals surface area contributed by atoms with Gasteiger partial charge in [-0.1, -0.05) is 18.2 Å². The molecule has 0 bridgehead atoms. The molecule has 1 fully saturated rings. The zero-order valence-corrected chi connectivity index (χ0v) is 16.0. The molecule has 2 heterocycles. The molecular formula is C19H25N5O2S. The Bertz CT molecular complexity index is 764. The van der Waals surface area contributed by atoms with Crippen molar-refractivity contribution in [1.82, 2.24) is 15.2 Å². The van der Waals surface area contributed by atoms with Gasteiger partial charge in [0.05, 0.1) is 5.01 Å². The maximum absolute atomic E-state index is 12.9. The zero-order valence-electron chi connectivity index (χ0n) is 15.2. The maximum Gasteiger partial charge on any atom is 0.319 e. The Morgan fingerprint density at radius 2 is 2.07 bits per heavy atom. The molecule has 144 valence electrons. The monoisotopic (exact) mass is 387 g/mol. The van der Waals surface area contributed by atoms with Crippen LogP contribution in [0.15, 0.2) is 35.7 Å². The van der Waals surface area contributed by atoms with Gasteiger partial charge in [-0.15, -0.1) is 11.3 Å². The number of piperidine rings is 1. The summed E-state index contributed by atoms with van der Waals surface area (Å²) < 4.78 is 0. The van der Waals surface area contributed by atoms with Gasteiger partial charge in [0.2, 0.25) is 0 Å². The van der Waals surface area contributed by atoms with Gasteiger partial charge < -0.3 is 21.3 Å². The summed E-state index contributed by atoms with van der Waals surface area (Å²) in [7, 11) is 0. The number of carbonyl (C=O) groups excluding carboxylic acids is 2. The Hall–Kier alpha value is -2.45. The van der Waals surface area contributed by atoms with E-state index in [0.717, 1.165) is 30.0 Å². The summed E-state index contributed by atoms with van der Waals surface area (Å²) in [5.41, 5.74) is 6.77. The predicted molar refractivity (Wildman–Crippen MR) is 107 cm³/mol. The van der Waals surface area contributed by atoms with Gasteiger partial charge in [0.1, 0.15) is 5.69 Å². The zero-order chi connectivity index (χ0) is 19.1. The van der Waals surface area contributed by atoms with Crippen molar-refractivity contribution >= 4 is 29.0 Å². The summed E-state index contributed by atoms with van der Waals surface area (Å²) >= 11 is 1.47. The molecule has 4 N–H and O–H groups in total. The fourth-order valence-electron chi connectivity index (χ4n) is 3.18. The van der Waals surface area contributed by atoms with Crippen LogP contribution >= 0.6 is 11.3 Å². The first-order chi connectivity index (χ1) is 13.2.